The highest BCUT2D eigenvalue weighted by atomic mass is 16.5. The zero-order valence-corrected chi connectivity index (χ0v) is 11.0. The molecule has 0 spiro atoms. The van der Waals surface area contributed by atoms with Crippen LogP contribution in [0.2, 0.25) is 0 Å². The molecule has 1 N–H and O–H groups in total. The van der Waals surface area contributed by atoms with Gasteiger partial charge in [0, 0.05) is 18.0 Å². The van der Waals surface area contributed by atoms with Gasteiger partial charge in [0.05, 0.1) is 13.2 Å². The van der Waals surface area contributed by atoms with Gasteiger partial charge in [0.1, 0.15) is 5.75 Å². The minimum Gasteiger partial charge on any atom is -0.497 e. The van der Waals surface area contributed by atoms with E-state index in [2.05, 4.69) is 10.3 Å². The molecule has 0 bridgehead atoms. The summed E-state index contributed by atoms with van der Waals surface area (Å²) in [7, 11) is 1.58. The lowest BCUT2D eigenvalue weighted by molar-refractivity contribution is 0.0939. The van der Waals surface area contributed by atoms with Crippen LogP contribution in [0.15, 0.2) is 48.8 Å². The first-order valence-corrected chi connectivity index (χ1v) is 6.05. The molecule has 0 aliphatic carbocycles. The fourth-order valence-corrected chi connectivity index (χ4v) is 1.76. The molecule has 0 saturated heterocycles. The summed E-state index contributed by atoms with van der Waals surface area (Å²) in [6, 6.07) is 10.8. The van der Waals surface area contributed by atoms with Gasteiger partial charge in [0.15, 0.2) is 0 Å². The summed E-state index contributed by atoms with van der Waals surface area (Å²) in [6.07, 6.45) is 3.45. The highest BCUT2D eigenvalue weighted by molar-refractivity contribution is 5.94. The van der Waals surface area contributed by atoms with Crippen molar-refractivity contribution in [3.8, 4) is 5.75 Å². The van der Waals surface area contributed by atoms with E-state index in [1.165, 1.54) is 0 Å². The number of methoxy groups -OCH3 is 1. The van der Waals surface area contributed by atoms with Gasteiger partial charge < -0.3 is 10.1 Å². The van der Waals surface area contributed by atoms with Crippen molar-refractivity contribution >= 4 is 5.91 Å². The number of rotatable bonds is 4. The Kier molecular flexibility index (Phi) is 4.13. The van der Waals surface area contributed by atoms with Crippen molar-refractivity contribution in [2.24, 2.45) is 0 Å². The number of carbonyl (C=O) groups excluding carboxylic acids is 1. The lowest BCUT2D eigenvalue weighted by Gasteiger charge is -2.14. The van der Waals surface area contributed by atoms with Gasteiger partial charge in [-0.2, -0.15) is 0 Å². The number of carbonyl (C=O) groups is 1. The molecule has 2 rings (SSSR count). The van der Waals surface area contributed by atoms with Crippen LogP contribution in [0.1, 0.15) is 28.9 Å². The van der Waals surface area contributed by atoms with Gasteiger partial charge in [0.25, 0.3) is 5.91 Å². The van der Waals surface area contributed by atoms with Crippen molar-refractivity contribution in [2.45, 2.75) is 13.0 Å². The molecule has 4 heteroatoms. The number of benzene rings is 1. The van der Waals surface area contributed by atoms with E-state index in [0.717, 1.165) is 5.56 Å². The third kappa shape index (κ3) is 3.31. The van der Waals surface area contributed by atoms with Crippen molar-refractivity contribution in [2.75, 3.05) is 7.11 Å². The molecule has 1 aromatic carbocycles. The van der Waals surface area contributed by atoms with Gasteiger partial charge in [-0.1, -0.05) is 12.1 Å². The fourth-order valence-electron chi connectivity index (χ4n) is 1.76. The molecule has 1 unspecified atom stereocenters. The van der Waals surface area contributed by atoms with E-state index in [1.54, 1.807) is 43.8 Å². The number of pyridine rings is 1. The highest BCUT2D eigenvalue weighted by Crippen LogP contribution is 2.15. The van der Waals surface area contributed by atoms with Crippen LogP contribution in [0, 0.1) is 0 Å². The maximum Gasteiger partial charge on any atom is 0.251 e. The summed E-state index contributed by atoms with van der Waals surface area (Å²) < 4.78 is 5.10. The van der Waals surface area contributed by atoms with Gasteiger partial charge in [-0.3, -0.25) is 9.78 Å². The number of nitrogens with one attached hydrogen (secondary N) is 1. The van der Waals surface area contributed by atoms with Crippen molar-refractivity contribution in [3.05, 3.63) is 59.9 Å². The molecular weight excluding hydrogens is 240 g/mol. The van der Waals surface area contributed by atoms with Crippen molar-refractivity contribution in [1.29, 1.82) is 0 Å². The second kappa shape index (κ2) is 6.00. The molecule has 0 aliphatic rings. The topological polar surface area (TPSA) is 51.2 Å². The molecule has 0 aliphatic heterocycles. The van der Waals surface area contributed by atoms with Crippen molar-refractivity contribution in [1.82, 2.24) is 10.3 Å². The molecule has 2 aromatic rings. The number of aromatic nitrogens is 1. The Morgan fingerprint density at radius 2 is 2.16 bits per heavy atom. The van der Waals surface area contributed by atoms with Gasteiger partial charge in [-0.25, -0.2) is 0 Å². The lowest BCUT2D eigenvalue weighted by Crippen LogP contribution is -2.26. The number of amides is 1. The van der Waals surface area contributed by atoms with Crippen LogP contribution >= 0.6 is 0 Å². The van der Waals surface area contributed by atoms with E-state index in [4.69, 9.17) is 4.74 Å². The molecule has 0 radical (unpaired) electrons. The summed E-state index contributed by atoms with van der Waals surface area (Å²) in [4.78, 5) is 16.2. The third-order valence-electron chi connectivity index (χ3n) is 2.86. The number of hydrogen-bond donors (Lipinski definition) is 1. The van der Waals surface area contributed by atoms with Crippen LogP contribution in [0.5, 0.6) is 5.75 Å². The predicted molar refractivity (Wildman–Crippen MR) is 73.1 cm³/mol. The second-order valence-corrected chi connectivity index (χ2v) is 4.21. The van der Waals surface area contributed by atoms with Crippen molar-refractivity contribution in [3.63, 3.8) is 0 Å². The first kappa shape index (κ1) is 13.1. The molecule has 1 atom stereocenters. The van der Waals surface area contributed by atoms with E-state index in [1.807, 2.05) is 19.1 Å². The molecule has 98 valence electrons. The van der Waals surface area contributed by atoms with Gasteiger partial charge in [-0.15, -0.1) is 0 Å². The monoisotopic (exact) mass is 256 g/mol. The van der Waals surface area contributed by atoms with E-state index < -0.39 is 0 Å². The number of nitrogens with zero attached hydrogens (tertiary/aromatic N) is 1. The third-order valence-corrected chi connectivity index (χ3v) is 2.86. The standard InChI is InChI=1S/C15H16N2O2/c1-11(13-6-4-8-16-10-13)17-15(18)12-5-3-7-14(9-12)19-2/h3-11H,1-2H3,(H,17,18). The van der Waals surface area contributed by atoms with Crippen LogP contribution in [-0.2, 0) is 0 Å². The molecule has 4 nitrogen and oxygen atoms in total. The van der Waals surface area contributed by atoms with Crippen LogP contribution < -0.4 is 10.1 Å². The Bertz CT molecular complexity index is 555. The molecule has 0 saturated carbocycles. The average molecular weight is 256 g/mol. The predicted octanol–water partition coefficient (Wildman–Crippen LogP) is 2.58. The number of hydrogen-bond acceptors (Lipinski definition) is 3. The Morgan fingerprint density at radius 3 is 2.84 bits per heavy atom. The van der Waals surface area contributed by atoms with Crippen LogP contribution in [0.3, 0.4) is 0 Å². The maximum absolute atomic E-state index is 12.1. The zero-order chi connectivity index (χ0) is 13.7. The first-order valence-electron chi connectivity index (χ1n) is 6.05. The summed E-state index contributed by atoms with van der Waals surface area (Å²) in [5.41, 5.74) is 1.55. The molecule has 1 aromatic heterocycles. The highest BCUT2D eigenvalue weighted by Gasteiger charge is 2.11. The van der Waals surface area contributed by atoms with E-state index >= 15 is 0 Å². The molecule has 19 heavy (non-hydrogen) atoms. The normalized spacial score (nSPS) is 11.7. The largest absolute Gasteiger partial charge is 0.497 e. The Morgan fingerprint density at radius 1 is 1.32 bits per heavy atom. The summed E-state index contributed by atoms with van der Waals surface area (Å²) in [5, 5.41) is 2.93. The summed E-state index contributed by atoms with van der Waals surface area (Å²) in [6.45, 7) is 1.93. The Hall–Kier alpha value is -2.36. The minimum atomic E-state index is -0.129. The first-order chi connectivity index (χ1) is 9.20. The maximum atomic E-state index is 12.1. The van der Waals surface area contributed by atoms with Crippen LogP contribution in [-0.4, -0.2) is 18.0 Å². The van der Waals surface area contributed by atoms with E-state index in [0.29, 0.717) is 11.3 Å². The number of ether oxygens (including phenoxy) is 1. The zero-order valence-electron chi connectivity index (χ0n) is 11.0. The van der Waals surface area contributed by atoms with Gasteiger partial charge in [-0.05, 0) is 36.8 Å². The van der Waals surface area contributed by atoms with Crippen LogP contribution in [0.25, 0.3) is 0 Å². The molecule has 1 heterocycles. The Balaban J connectivity index is 2.08. The van der Waals surface area contributed by atoms with E-state index in [-0.39, 0.29) is 11.9 Å². The lowest BCUT2D eigenvalue weighted by atomic mass is 10.1. The van der Waals surface area contributed by atoms with E-state index in [9.17, 15) is 4.79 Å². The quantitative estimate of drug-likeness (QED) is 0.914. The molecule has 0 fully saturated rings. The Labute approximate surface area is 112 Å². The van der Waals surface area contributed by atoms with Gasteiger partial charge in [0.2, 0.25) is 0 Å². The minimum absolute atomic E-state index is 0.0904. The van der Waals surface area contributed by atoms with Crippen LogP contribution in [0.4, 0.5) is 0 Å². The molecular formula is C15H16N2O2. The average Bonchev–Trinajstić information content (AvgIpc) is 2.48. The fraction of sp³-hybridized carbons (Fsp3) is 0.200. The summed E-state index contributed by atoms with van der Waals surface area (Å²) >= 11 is 0. The smallest absolute Gasteiger partial charge is 0.251 e. The van der Waals surface area contributed by atoms with Crippen molar-refractivity contribution < 1.29 is 9.53 Å². The second-order valence-electron chi connectivity index (χ2n) is 4.21. The SMILES string of the molecule is COc1cccc(C(=O)NC(C)c2cccnc2)c1. The molecule has 1 amide bonds. The van der Waals surface area contributed by atoms with Gasteiger partial charge >= 0.3 is 0 Å². The summed E-state index contributed by atoms with van der Waals surface area (Å²) in [5.74, 6) is 0.539.